The molecule has 0 fully saturated rings. The molecule has 0 bridgehead atoms. The van der Waals surface area contributed by atoms with E-state index in [0.29, 0.717) is 11.5 Å². The first-order chi connectivity index (χ1) is 23.0. The fraction of sp³-hybridized carbons (Fsp3) is 0.0500. The predicted molar refractivity (Wildman–Crippen MR) is 197 cm³/mol. The van der Waals surface area contributed by atoms with Crippen molar-refractivity contribution in [2.45, 2.75) is 13.1 Å². The summed E-state index contributed by atoms with van der Waals surface area (Å²) in [6.07, 6.45) is 5.72. The summed E-state index contributed by atoms with van der Waals surface area (Å²) < 4.78 is 11.2. The summed E-state index contributed by atoms with van der Waals surface area (Å²) >= 11 is 1.87. The van der Waals surface area contributed by atoms with Gasteiger partial charge in [0.15, 0.2) is 0 Å². The zero-order valence-corrected chi connectivity index (χ0v) is 30.1. The van der Waals surface area contributed by atoms with Crippen molar-refractivity contribution in [1.29, 1.82) is 0 Å². The van der Waals surface area contributed by atoms with Crippen molar-refractivity contribution in [1.82, 2.24) is 14.4 Å². The third-order valence-electron chi connectivity index (χ3n) is 9.53. The molecule has 0 atom stereocenters. The van der Waals surface area contributed by atoms with Crippen molar-refractivity contribution >= 4 is 94.5 Å². The number of thiophene rings is 1. The average Bonchev–Trinajstić information content (AvgIpc) is 3.74. The van der Waals surface area contributed by atoms with E-state index in [1.807, 2.05) is 48.1 Å². The molecule has 48 heavy (non-hydrogen) atoms. The smallest absolute Gasteiger partial charge is 0.503 e. The fourth-order valence-electron chi connectivity index (χ4n) is 7.29. The monoisotopic (exact) mass is 833 g/mol. The molecule has 5 heterocycles. The second-order valence-electron chi connectivity index (χ2n) is 12.6. The zero-order valence-electron chi connectivity index (χ0n) is 26.0. The molecule has 0 saturated carbocycles. The van der Waals surface area contributed by atoms with Crippen molar-refractivity contribution in [3.05, 3.63) is 134 Å². The van der Waals surface area contributed by atoms with Gasteiger partial charge in [-0.2, -0.15) is 6.07 Å². The maximum atomic E-state index is 6.50. The minimum Gasteiger partial charge on any atom is -0.503 e. The van der Waals surface area contributed by atoms with Crippen molar-refractivity contribution < 1.29 is 25.8 Å². The van der Waals surface area contributed by atoms with Gasteiger partial charge in [0.25, 0.3) is 0 Å². The van der Waals surface area contributed by atoms with Gasteiger partial charge in [-0.25, -0.2) is 4.98 Å². The number of para-hydroxylation sites is 1. The average molecular weight is 834 g/mol. The fourth-order valence-corrected chi connectivity index (χ4v) is 11.4. The summed E-state index contributed by atoms with van der Waals surface area (Å²) in [4.78, 5) is 11.9. The summed E-state index contributed by atoms with van der Waals surface area (Å²) in [5.74, 6) is 2.19. The standard InChI is InChI=1S/C40H26N4OSSi.Pt/c1-47(2)37-15-8-18-41-40(37)44(34-23-31-30-12-4-6-14-35(30)46-36(31)24-38(34)47)25-9-7-10-26(21-25)45-27-16-17-28-29-11-3-5-13-33(29)43-20-19-42-39(43)32(28)22-27;/h3-20,23-24H,1-2H3;/q-2;+2. The molecular formula is C40H26N4OPtSSi. The molecule has 0 spiro atoms. The van der Waals surface area contributed by atoms with Crippen LogP contribution in [0.1, 0.15) is 0 Å². The molecule has 0 amide bonds. The molecule has 8 heteroatoms. The van der Waals surface area contributed by atoms with E-state index in [0.717, 1.165) is 38.8 Å². The van der Waals surface area contributed by atoms with Crippen molar-refractivity contribution in [2.24, 2.45) is 0 Å². The van der Waals surface area contributed by atoms with Crippen LogP contribution in [0.15, 0.2) is 122 Å². The molecule has 1 aliphatic rings. The second kappa shape index (κ2) is 10.9. The number of ether oxygens (including phenoxy) is 1. The van der Waals surface area contributed by atoms with Crippen LogP contribution in [0, 0.1) is 12.1 Å². The van der Waals surface area contributed by atoms with E-state index in [2.05, 4.69) is 124 Å². The molecule has 0 unspecified atom stereocenters. The normalized spacial score (nSPS) is 13.6. The number of hydrogen-bond donors (Lipinski definition) is 0. The second-order valence-corrected chi connectivity index (χ2v) is 18.0. The third kappa shape index (κ3) is 4.24. The molecule has 0 saturated heterocycles. The number of benzene rings is 5. The first-order valence-electron chi connectivity index (χ1n) is 15.7. The van der Waals surface area contributed by atoms with Gasteiger partial charge >= 0.3 is 21.1 Å². The number of aromatic nitrogens is 3. The van der Waals surface area contributed by atoms with Crippen LogP contribution >= 0.6 is 11.3 Å². The van der Waals surface area contributed by atoms with Crippen LogP contribution in [0.2, 0.25) is 13.1 Å². The van der Waals surface area contributed by atoms with Gasteiger partial charge in [-0.1, -0.05) is 78.1 Å². The molecule has 9 aromatic rings. The van der Waals surface area contributed by atoms with Gasteiger partial charge in [0.05, 0.1) is 5.65 Å². The third-order valence-corrected chi connectivity index (χ3v) is 14.1. The van der Waals surface area contributed by atoms with Crippen LogP contribution < -0.4 is 20.0 Å². The van der Waals surface area contributed by atoms with E-state index < -0.39 is 8.07 Å². The molecule has 0 radical (unpaired) electrons. The summed E-state index contributed by atoms with van der Waals surface area (Å²) in [7, 11) is -2.07. The first-order valence-corrected chi connectivity index (χ1v) is 19.5. The van der Waals surface area contributed by atoms with Crippen molar-refractivity contribution in [3.63, 3.8) is 0 Å². The van der Waals surface area contributed by atoms with Crippen LogP contribution in [0.4, 0.5) is 17.2 Å². The summed E-state index contributed by atoms with van der Waals surface area (Å²) in [5, 5.41) is 8.43. The molecule has 232 valence electrons. The van der Waals surface area contributed by atoms with E-state index >= 15 is 0 Å². The maximum absolute atomic E-state index is 6.50. The van der Waals surface area contributed by atoms with Crippen LogP contribution in [-0.2, 0) is 21.1 Å². The van der Waals surface area contributed by atoms with Crippen LogP contribution in [0.25, 0.3) is 47.5 Å². The molecular weight excluding hydrogens is 808 g/mol. The van der Waals surface area contributed by atoms with Gasteiger partial charge in [-0.15, -0.1) is 41.7 Å². The Labute approximate surface area is 296 Å². The minimum absolute atomic E-state index is 0. The van der Waals surface area contributed by atoms with E-state index in [-0.39, 0.29) is 21.1 Å². The van der Waals surface area contributed by atoms with Crippen molar-refractivity contribution in [2.75, 3.05) is 4.90 Å². The number of rotatable bonds is 3. The number of nitrogens with zero attached hydrogens (tertiary/aromatic N) is 4. The Balaban J connectivity index is 0.00000314. The Morgan fingerprint density at radius 2 is 1.52 bits per heavy atom. The molecule has 4 aromatic heterocycles. The summed E-state index contributed by atoms with van der Waals surface area (Å²) in [5.41, 5.74) is 4.02. The van der Waals surface area contributed by atoms with Crippen LogP contribution in [0.5, 0.6) is 11.5 Å². The Bertz CT molecular complexity index is 2740. The predicted octanol–water partition coefficient (Wildman–Crippen LogP) is 9.40. The number of fused-ring (bicyclic) bond motifs is 11. The van der Waals surface area contributed by atoms with Gasteiger partial charge in [0.2, 0.25) is 0 Å². The summed E-state index contributed by atoms with van der Waals surface area (Å²) in [6, 6.07) is 43.5. The van der Waals surface area contributed by atoms with Crippen molar-refractivity contribution in [3.8, 4) is 11.5 Å². The number of hydrogen-bond acceptors (Lipinski definition) is 5. The topological polar surface area (TPSA) is 42.7 Å². The molecule has 1 aliphatic heterocycles. The number of imidazole rings is 1. The molecule has 10 rings (SSSR count). The molecule has 5 aromatic carbocycles. The van der Waals surface area contributed by atoms with E-state index in [9.17, 15) is 0 Å². The quantitative estimate of drug-likeness (QED) is 0.101. The maximum Gasteiger partial charge on any atom is 2.00 e. The number of pyridine rings is 2. The Hall–Kier alpha value is -4.81. The minimum atomic E-state index is -2.07. The van der Waals surface area contributed by atoms with Gasteiger partial charge in [-0.3, -0.25) is 4.98 Å². The van der Waals surface area contributed by atoms with E-state index in [1.165, 1.54) is 36.2 Å². The van der Waals surface area contributed by atoms with Crippen LogP contribution in [0.3, 0.4) is 0 Å². The first kappa shape index (κ1) is 29.3. The summed E-state index contributed by atoms with van der Waals surface area (Å²) in [6.45, 7) is 4.86. The zero-order chi connectivity index (χ0) is 31.3. The van der Waals surface area contributed by atoms with Gasteiger partial charge < -0.3 is 14.0 Å². The van der Waals surface area contributed by atoms with E-state index in [1.54, 1.807) is 0 Å². The Morgan fingerprint density at radius 3 is 2.44 bits per heavy atom. The van der Waals surface area contributed by atoms with Gasteiger partial charge in [0, 0.05) is 61.5 Å². The molecule has 0 aliphatic carbocycles. The SMILES string of the molecule is C[Si]1(C)c2cc3sc4ccccc4c3cc2N(c2[c-]c(Oc3[c-]c4c(cc3)c3ccccc3n3ccnc43)ccc2)c2ncccc21.[Pt+2]. The van der Waals surface area contributed by atoms with Gasteiger partial charge in [0.1, 0.15) is 13.9 Å². The largest absolute Gasteiger partial charge is 2.00 e. The molecule has 5 nitrogen and oxygen atoms in total. The number of anilines is 3. The van der Waals surface area contributed by atoms with E-state index in [4.69, 9.17) is 9.72 Å². The Morgan fingerprint density at radius 1 is 0.688 bits per heavy atom. The Kier molecular flexibility index (Phi) is 6.63. The van der Waals surface area contributed by atoms with Crippen LogP contribution in [-0.4, -0.2) is 22.4 Å². The molecule has 0 N–H and O–H groups in total. The van der Waals surface area contributed by atoms with Gasteiger partial charge in [-0.05, 0) is 46.1 Å².